The Kier molecular flexibility index (Phi) is 5.22. The van der Waals surface area contributed by atoms with E-state index in [-0.39, 0.29) is 6.03 Å². The van der Waals surface area contributed by atoms with Crippen molar-refractivity contribution in [2.24, 2.45) is 0 Å². The van der Waals surface area contributed by atoms with Gasteiger partial charge in [-0.15, -0.1) is 0 Å². The maximum Gasteiger partial charge on any atom is 0.407 e. The lowest BCUT2D eigenvalue weighted by Crippen LogP contribution is -2.34. The molecule has 1 heterocycles. The molecule has 0 saturated carbocycles. The van der Waals surface area contributed by atoms with Crippen LogP contribution < -0.4 is 10.6 Å². The quantitative estimate of drug-likeness (QED) is 0.770. The van der Waals surface area contributed by atoms with Gasteiger partial charge in [0, 0.05) is 46.4 Å². The van der Waals surface area contributed by atoms with Gasteiger partial charge in [-0.2, -0.15) is 0 Å². The molecule has 0 aromatic heterocycles. The molecule has 136 valence electrons. The van der Waals surface area contributed by atoms with Crippen molar-refractivity contribution in [3.8, 4) is 0 Å². The Labute approximate surface area is 153 Å². The van der Waals surface area contributed by atoms with Crippen LogP contribution in [0.4, 0.5) is 21.0 Å². The maximum absolute atomic E-state index is 12.1. The van der Waals surface area contributed by atoms with E-state index in [0.29, 0.717) is 35.8 Å². The van der Waals surface area contributed by atoms with Crippen molar-refractivity contribution in [1.82, 2.24) is 4.90 Å². The Morgan fingerprint density at radius 3 is 2.35 bits per heavy atom. The molecule has 1 aliphatic rings. The number of rotatable bonds is 3. The van der Waals surface area contributed by atoms with Gasteiger partial charge < -0.3 is 20.6 Å². The van der Waals surface area contributed by atoms with Gasteiger partial charge in [0.25, 0.3) is 0 Å². The van der Waals surface area contributed by atoms with Crippen molar-refractivity contribution in [1.29, 1.82) is 0 Å². The van der Waals surface area contributed by atoms with Gasteiger partial charge in [-0.25, -0.2) is 9.59 Å². The molecule has 0 fully saturated rings. The number of carbonyl (C=O) groups excluding carboxylic acids is 1. The highest BCUT2D eigenvalue weighted by atomic mass is 32.2. The topological polar surface area (TPSA) is 98.7 Å². The Morgan fingerprint density at radius 1 is 1.04 bits per heavy atom. The Hall–Kier alpha value is -2.87. The smallest absolute Gasteiger partial charge is 0.407 e. The lowest BCUT2D eigenvalue weighted by molar-refractivity contribution is 0.140. The van der Waals surface area contributed by atoms with E-state index in [1.165, 1.54) is 4.90 Å². The zero-order valence-electron chi connectivity index (χ0n) is 14.2. The second-order valence-corrected chi connectivity index (χ2v) is 7.37. The summed E-state index contributed by atoms with van der Waals surface area (Å²) in [4.78, 5) is 25.3. The number of carbonyl (C=O) groups is 2. The monoisotopic (exact) mass is 373 g/mol. The van der Waals surface area contributed by atoms with Crippen molar-refractivity contribution in [3.05, 3.63) is 53.6 Å². The summed E-state index contributed by atoms with van der Waals surface area (Å²) in [7, 11) is -1.06. The summed E-state index contributed by atoms with van der Waals surface area (Å²) in [5, 5.41) is 14.6. The normalized spacial score (nSPS) is 14.3. The maximum atomic E-state index is 12.1. The third-order valence-corrected chi connectivity index (χ3v) is 5.13. The Bertz CT molecular complexity index is 867. The van der Waals surface area contributed by atoms with Gasteiger partial charge >= 0.3 is 12.1 Å². The van der Waals surface area contributed by atoms with E-state index in [0.717, 1.165) is 11.1 Å². The number of amides is 3. The van der Waals surface area contributed by atoms with Gasteiger partial charge in [0.05, 0.1) is 0 Å². The van der Waals surface area contributed by atoms with Gasteiger partial charge in [0.15, 0.2) is 0 Å². The van der Waals surface area contributed by atoms with Crippen LogP contribution in [0, 0.1) is 0 Å². The molecule has 2 aromatic rings. The van der Waals surface area contributed by atoms with Crippen molar-refractivity contribution in [3.63, 3.8) is 0 Å². The summed E-state index contributed by atoms with van der Waals surface area (Å²) in [5.74, 6) is 0. The average molecular weight is 373 g/mol. The molecular weight excluding hydrogens is 354 g/mol. The number of hydrogen-bond donors (Lipinski definition) is 3. The van der Waals surface area contributed by atoms with E-state index in [4.69, 9.17) is 5.11 Å². The molecule has 1 atom stereocenters. The molecule has 0 radical (unpaired) electrons. The van der Waals surface area contributed by atoms with Gasteiger partial charge in [0.1, 0.15) is 0 Å². The predicted octanol–water partition coefficient (Wildman–Crippen LogP) is 3.10. The molecule has 26 heavy (non-hydrogen) atoms. The van der Waals surface area contributed by atoms with Crippen LogP contribution in [0.25, 0.3) is 0 Å². The molecular formula is C18H19N3O4S. The van der Waals surface area contributed by atoms with Gasteiger partial charge in [-0.3, -0.25) is 4.21 Å². The van der Waals surface area contributed by atoms with E-state index < -0.39 is 16.9 Å². The zero-order valence-corrected chi connectivity index (χ0v) is 15.0. The number of urea groups is 1. The van der Waals surface area contributed by atoms with Gasteiger partial charge in [-0.05, 0) is 53.9 Å². The van der Waals surface area contributed by atoms with Gasteiger partial charge in [0.2, 0.25) is 0 Å². The van der Waals surface area contributed by atoms with E-state index in [9.17, 15) is 13.8 Å². The Balaban J connectivity index is 1.63. The molecule has 0 bridgehead atoms. The molecule has 0 saturated heterocycles. The standard InChI is InChI=1S/C18H19N3O4S/c1-26(25)16-6-4-14(5-7-16)19-17(22)20-15-3-2-13-11-21(18(23)24)9-8-12(13)10-15/h2-7,10H,8-9,11H2,1H3,(H,23,24)(H2,19,20,22). The highest BCUT2D eigenvalue weighted by Crippen LogP contribution is 2.23. The van der Waals surface area contributed by atoms with Crippen molar-refractivity contribution in [2.75, 3.05) is 23.4 Å². The van der Waals surface area contributed by atoms with E-state index in [1.807, 2.05) is 12.1 Å². The first-order chi connectivity index (χ1) is 12.4. The second-order valence-electron chi connectivity index (χ2n) is 6.00. The summed E-state index contributed by atoms with van der Waals surface area (Å²) < 4.78 is 11.4. The number of nitrogens with zero attached hydrogens (tertiary/aromatic N) is 1. The van der Waals surface area contributed by atoms with Crippen LogP contribution in [0.2, 0.25) is 0 Å². The predicted molar refractivity (Wildman–Crippen MR) is 100.0 cm³/mol. The highest BCUT2D eigenvalue weighted by molar-refractivity contribution is 7.84. The lowest BCUT2D eigenvalue weighted by atomic mass is 9.99. The first-order valence-corrected chi connectivity index (χ1v) is 9.59. The lowest BCUT2D eigenvalue weighted by Gasteiger charge is -2.26. The van der Waals surface area contributed by atoms with E-state index >= 15 is 0 Å². The average Bonchev–Trinajstić information content (AvgIpc) is 2.61. The fraction of sp³-hybridized carbons (Fsp3) is 0.222. The third kappa shape index (κ3) is 4.20. The second kappa shape index (κ2) is 7.57. The first-order valence-electron chi connectivity index (χ1n) is 8.03. The van der Waals surface area contributed by atoms with Crippen LogP contribution in [-0.2, 0) is 23.8 Å². The van der Waals surface area contributed by atoms with E-state index in [2.05, 4.69) is 10.6 Å². The van der Waals surface area contributed by atoms with Crippen LogP contribution in [0.1, 0.15) is 11.1 Å². The molecule has 1 aliphatic heterocycles. The zero-order chi connectivity index (χ0) is 18.7. The molecule has 2 aromatic carbocycles. The molecule has 0 spiro atoms. The van der Waals surface area contributed by atoms with Crippen LogP contribution in [0.5, 0.6) is 0 Å². The van der Waals surface area contributed by atoms with Crippen LogP contribution in [0.15, 0.2) is 47.4 Å². The van der Waals surface area contributed by atoms with Gasteiger partial charge in [-0.1, -0.05) is 6.07 Å². The van der Waals surface area contributed by atoms with Crippen LogP contribution >= 0.6 is 0 Å². The van der Waals surface area contributed by atoms with Crippen molar-refractivity contribution >= 4 is 34.3 Å². The summed E-state index contributed by atoms with van der Waals surface area (Å²) in [6, 6.07) is 11.9. The van der Waals surface area contributed by atoms with Crippen molar-refractivity contribution in [2.45, 2.75) is 17.9 Å². The fourth-order valence-electron chi connectivity index (χ4n) is 2.82. The number of benzene rings is 2. The summed E-state index contributed by atoms with van der Waals surface area (Å²) in [6.07, 6.45) is 1.30. The molecule has 7 nitrogen and oxygen atoms in total. The summed E-state index contributed by atoms with van der Waals surface area (Å²) in [6.45, 7) is 0.811. The number of hydrogen-bond acceptors (Lipinski definition) is 3. The number of carboxylic acid groups (broad SMARTS) is 1. The molecule has 3 rings (SSSR count). The van der Waals surface area contributed by atoms with Crippen LogP contribution in [-0.4, -0.2) is 39.1 Å². The molecule has 0 aliphatic carbocycles. The SMILES string of the molecule is CS(=O)c1ccc(NC(=O)Nc2ccc3c(c2)CCN(C(=O)O)C3)cc1. The fourth-order valence-corrected chi connectivity index (χ4v) is 3.34. The minimum absolute atomic E-state index is 0.363. The Morgan fingerprint density at radius 2 is 1.69 bits per heavy atom. The number of nitrogens with one attached hydrogen (secondary N) is 2. The molecule has 3 amide bonds. The number of anilines is 2. The third-order valence-electron chi connectivity index (χ3n) is 4.19. The van der Waals surface area contributed by atoms with E-state index in [1.54, 1.807) is 36.6 Å². The van der Waals surface area contributed by atoms with Crippen molar-refractivity contribution < 1.29 is 18.9 Å². The summed E-state index contributed by atoms with van der Waals surface area (Å²) in [5.41, 5.74) is 3.24. The highest BCUT2D eigenvalue weighted by Gasteiger charge is 2.20. The molecule has 3 N–H and O–H groups in total. The number of fused-ring (bicyclic) bond motifs is 1. The summed E-state index contributed by atoms with van der Waals surface area (Å²) >= 11 is 0. The first kappa shape index (κ1) is 17.9. The molecule has 1 unspecified atom stereocenters. The minimum atomic E-state index is -1.06. The minimum Gasteiger partial charge on any atom is -0.465 e. The van der Waals surface area contributed by atoms with Crippen LogP contribution in [0.3, 0.4) is 0 Å². The largest absolute Gasteiger partial charge is 0.465 e. The molecule has 8 heteroatoms.